The molecule has 1 unspecified atom stereocenters. The molecule has 3 rings (SSSR count). The summed E-state index contributed by atoms with van der Waals surface area (Å²) in [7, 11) is 1.59. The van der Waals surface area contributed by atoms with Crippen molar-refractivity contribution in [3.8, 4) is 17.2 Å². The summed E-state index contributed by atoms with van der Waals surface area (Å²) in [5, 5.41) is 2.95. The van der Waals surface area contributed by atoms with E-state index in [-0.39, 0.29) is 31.0 Å². The van der Waals surface area contributed by atoms with Crippen molar-refractivity contribution in [1.29, 1.82) is 0 Å². The lowest BCUT2D eigenvalue weighted by Crippen LogP contribution is -2.45. The van der Waals surface area contributed by atoms with E-state index in [1.807, 2.05) is 37.3 Å². The number of amides is 2. The van der Waals surface area contributed by atoms with E-state index in [1.54, 1.807) is 19.2 Å². The van der Waals surface area contributed by atoms with Crippen LogP contribution in [-0.4, -0.2) is 38.7 Å². The van der Waals surface area contributed by atoms with Crippen molar-refractivity contribution in [3.63, 3.8) is 0 Å². The third-order valence-corrected chi connectivity index (χ3v) is 4.75. The molecule has 160 valence electrons. The van der Waals surface area contributed by atoms with Gasteiger partial charge >= 0.3 is 0 Å². The largest absolute Gasteiger partial charge is 0.493 e. The second kappa shape index (κ2) is 9.52. The number of anilines is 1. The predicted molar refractivity (Wildman–Crippen MR) is 114 cm³/mol. The number of ether oxygens (including phenoxy) is 3. The summed E-state index contributed by atoms with van der Waals surface area (Å²) in [4.78, 5) is 26.4. The van der Waals surface area contributed by atoms with Gasteiger partial charge in [0.05, 0.1) is 25.4 Å². The molecule has 1 heterocycles. The molecule has 0 aromatic heterocycles. The van der Waals surface area contributed by atoms with E-state index >= 15 is 0 Å². The minimum Gasteiger partial charge on any atom is -0.493 e. The molecule has 7 nitrogen and oxygen atoms in total. The smallest absolute Gasteiger partial charge is 0.265 e. The summed E-state index contributed by atoms with van der Waals surface area (Å²) in [5.41, 5.74) is 1.48. The van der Waals surface area contributed by atoms with Crippen molar-refractivity contribution in [3.05, 3.63) is 48.0 Å². The molecule has 0 bridgehead atoms. The fourth-order valence-corrected chi connectivity index (χ4v) is 3.17. The first kappa shape index (κ1) is 21.5. The second-order valence-corrected chi connectivity index (χ2v) is 7.64. The highest BCUT2D eigenvalue weighted by molar-refractivity contribution is 6.02. The molecule has 1 aliphatic rings. The van der Waals surface area contributed by atoms with Crippen LogP contribution in [0.3, 0.4) is 0 Å². The molecule has 0 radical (unpaired) electrons. The number of hydrogen-bond acceptors (Lipinski definition) is 5. The Balaban J connectivity index is 1.66. The van der Waals surface area contributed by atoms with Gasteiger partial charge < -0.3 is 19.5 Å². The quantitative estimate of drug-likeness (QED) is 0.720. The molecule has 0 spiro atoms. The molecule has 1 aliphatic heterocycles. The Bertz CT molecular complexity index is 912. The lowest BCUT2D eigenvalue weighted by molar-refractivity contribution is -0.125. The lowest BCUT2D eigenvalue weighted by atomic mass is 10.1. The molecule has 0 aliphatic carbocycles. The zero-order valence-corrected chi connectivity index (χ0v) is 17.8. The van der Waals surface area contributed by atoms with E-state index in [1.165, 1.54) is 4.90 Å². The van der Waals surface area contributed by atoms with Crippen LogP contribution in [0.4, 0.5) is 5.69 Å². The van der Waals surface area contributed by atoms with Crippen LogP contribution in [-0.2, 0) is 9.59 Å². The van der Waals surface area contributed by atoms with Crippen molar-refractivity contribution in [2.24, 2.45) is 5.92 Å². The fraction of sp³-hybridized carbons (Fsp3) is 0.391. The molecular formula is C23H28N2O5. The van der Waals surface area contributed by atoms with Crippen LogP contribution in [0.2, 0.25) is 0 Å². The molecule has 1 atom stereocenters. The van der Waals surface area contributed by atoms with Crippen LogP contribution in [0.25, 0.3) is 0 Å². The number of carbonyl (C=O) groups is 2. The Morgan fingerprint density at radius 1 is 1.17 bits per heavy atom. The van der Waals surface area contributed by atoms with Gasteiger partial charge in [0, 0.05) is 0 Å². The van der Waals surface area contributed by atoms with Crippen molar-refractivity contribution in [1.82, 2.24) is 5.32 Å². The van der Waals surface area contributed by atoms with E-state index in [0.29, 0.717) is 35.5 Å². The van der Waals surface area contributed by atoms with Crippen LogP contribution in [0.5, 0.6) is 17.2 Å². The number of fused-ring (bicyclic) bond motifs is 1. The fourth-order valence-electron chi connectivity index (χ4n) is 3.17. The minimum atomic E-state index is -0.267. The average molecular weight is 412 g/mol. The molecule has 0 saturated carbocycles. The van der Waals surface area contributed by atoms with Crippen molar-refractivity contribution in [2.75, 3.05) is 31.8 Å². The van der Waals surface area contributed by atoms with Crippen LogP contribution >= 0.6 is 0 Å². The third-order valence-electron chi connectivity index (χ3n) is 4.75. The van der Waals surface area contributed by atoms with Gasteiger partial charge in [-0.05, 0) is 42.7 Å². The standard InChI is InChI=1S/C23H28N2O5/c1-15(2)13-29-20-10-9-17(11-21(20)28-4)16(3)24-22(26)12-25-18-7-5-6-8-19(18)30-14-23(25)27/h5-11,15-16H,12-14H2,1-4H3,(H,24,26). The molecule has 2 aromatic rings. The van der Waals surface area contributed by atoms with Gasteiger partial charge in [0.1, 0.15) is 12.3 Å². The molecule has 2 amide bonds. The Morgan fingerprint density at radius 3 is 2.67 bits per heavy atom. The zero-order valence-electron chi connectivity index (χ0n) is 17.8. The zero-order chi connectivity index (χ0) is 21.7. The van der Waals surface area contributed by atoms with Crippen LogP contribution in [0, 0.1) is 5.92 Å². The maximum Gasteiger partial charge on any atom is 0.265 e. The topological polar surface area (TPSA) is 77.1 Å². The number of hydrogen-bond donors (Lipinski definition) is 1. The lowest BCUT2D eigenvalue weighted by Gasteiger charge is -2.29. The van der Waals surface area contributed by atoms with Gasteiger partial charge in [0.25, 0.3) is 5.91 Å². The van der Waals surface area contributed by atoms with Crippen molar-refractivity contribution in [2.45, 2.75) is 26.8 Å². The first-order valence-corrected chi connectivity index (χ1v) is 10.0. The Labute approximate surface area is 176 Å². The molecule has 0 saturated heterocycles. The molecule has 1 N–H and O–H groups in total. The monoisotopic (exact) mass is 412 g/mol. The van der Waals surface area contributed by atoms with Gasteiger partial charge in [-0.1, -0.05) is 32.0 Å². The summed E-state index contributed by atoms with van der Waals surface area (Å²) in [6.45, 7) is 6.49. The van der Waals surface area contributed by atoms with Gasteiger partial charge in [-0.2, -0.15) is 0 Å². The number of rotatable bonds is 8. The Hall–Kier alpha value is -3.22. The third kappa shape index (κ3) is 5.03. The van der Waals surface area contributed by atoms with Gasteiger partial charge in [-0.25, -0.2) is 0 Å². The minimum absolute atomic E-state index is 0.0732. The molecule has 30 heavy (non-hydrogen) atoms. The van der Waals surface area contributed by atoms with E-state index in [9.17, 15) is 9.59 Å². The molecular weight excluding hydrogens is 384 g/mol. The van der Waals surface area contributed by atoms with Crippen LogP contribution < -0.4 is 24.4 Å². The first-order chi connectivity index (χ1) is 14.4. The summed E-state index contributed by atoms with van der Waals surface area (Å²) in [6, 6.07) is 12.5. The van der Waals surface area contributed by atoms with Crippen molar-refractivity contribution >= 4 is 17.5 Å². The number of nitrogens with one attached hydrogen (secondary N) is 1. The van der Waals surface area contributed by atoms with Gasteiger partial charge in [-0.15, -0.1) is 0 Å². The summed E-state index contributed by atoms with van der Waals surface area (Å²) in [5.74, 6) is 1.78. The summed E-state index contributed by atoms with van der Waals surface area (Å²) < 4.78 is 16.6. The predicted octanol–water partition coefficient (Wildman–Crippen LogP) is 3.33. The molecule has 0 fully saturated rings. The SMILES string of the molecule is COc1cc(C(C)NC(=O)CN2C(=O)COc3ccccc32)ccc1OCC(C)C. The molecule has 2 aromatic carbocycles. The van der Waals surface area contributed by atoms with Gasteiger partial charge in [0.2, 0.25) is 5.91 Å². The number of methoxy groups -OCH3 is 1. The Kier molecular flexibility index (Phi) is 6.82. The summed E-state index contributed by atoms with van der Waals surface area (Å²) >= 11 is 0. The number of benzene rings is 2. The van der Waals surface area contributed by atoms with E-state index in [2.05, 4.69) is 19.2 Å². The Morgan fingerprint density at radius 2 is 1.93 bits per heavy atom. The number of carbonyl (C=O) groups excluding carboxylic acids is 2. The van der Waals surface area contributed by atoms with Crippen molar-refractivity contribution < 1.29 is 23.8 Å². The average Bonchev–Trinajstić information content (AvgIpc) is 2.74. The highest BCUT2D eigenvalue weighted by atomic mass is 16.5. The normalized spacial score (nSPS) is 14.0. The van der Waals surface area contributed by atoms with Gasteiger partial charge in [0.15, 0.2) is 18.1 Å². The number of nitrogens with zero attached hydrogens (tertiary/aromatic N) is 1. The summed E-state index contributed by atoms with van der Waals surface area (Å²) in [6.07, 6.45) is 0. The van der Waals surface area contributed by atoms with Crippen LogP contribution in [0.1, 0.15) is 32.4 Å². The van der Waals surface area contributed by atoms with Gasteiger partial charge in [-0.3, -0.25) is 14.5 Å². The van der Waals surface area contributed by atoms with Crippen LogP contribution in [0.15, 0.2) is 42.5 Å². The highest BCUT2D eigenvalue weighted by Gasteiger charge is 2.27. The molecule has 7 heteroatoms. The second-order valence-electron chi connectivity index (χ2n) is 7.64. The highest BCUT2D eigenvalue weighted by Crippen LogP contribution is 2.32. The van der Waals surface area contributed by atoms with E-state index in [0.717, 1.165) is 5.56 Å². The number of para-hydroxylation sites is 2. The van der Waals surface area contributed by atoms with E-state index < -0.39 is 0 Å². The maximum absolute atomic E-state index is 12.6. The van der Waals surface area contributed by atoms with E-state index in [4.69, 9.17) is 14.2 Å². The first-order valence-electron chi connectivity index (χ1n) is 10.0. The maximum atomic E-state index is 12.6.